The number of para-hydroxylation sites is 1. The van der Waals surface area contributed by atoms with Crippen LogP contribution in [0.1, 0.15) is 54.4 Å². The van der Waals surface area contributed by atoms with Crippen molar-refractivity contribution < 1.29 is 19.1 Å². The Balaban J connectivity index is 1.74. The molecule has 1 aliphatic carbocycles. The van der Waals surface area contributed by atoms with Crippen LogP contribution in [0.3, 0.4) is 0 Å². The van der Waals surface area contributed by atoms with Gasteiger partial charge in [-0.05, 0) is 53.8 Å². The number of aromatic nitrogens is 1. The molecule has 0 amide bonds. The molecule has 0 saturated carbocycles. The first kappa shape index (κ1) is 21.8. The van der Waals surface area contributed by atoms with Crippen molar-refractivity contribution in [1.29, 1.82) is 0 Å². The van der Waals surface area contributed by atoms with Crippen molar-refractivity contribution >= 4 is 34.3 Å². The zero-order valence-electron chi connectivity index (χ0n) is 18.9. The monoisotopic (exact) mass is 429 g/mol. The predicted octanol–water partition coefficient (Wildman–Crippen LogP) is 5.50. The number of ether oxygens (including phenoxy) is 2. The molecule has 4 rings (SSSR count). The summed E-state index contributed by atoms with van der Waals surface area (Å²) in [5, 5.41) is 0.755. The smallest absolute Gasteiger partial charge is 0.339 e. The first-order chi connectivity index (χ1) is 15.3. The normalized spacial score (nSPS) is 14.4. The van der Waals surface area contributed by atoms with Crippen LogP contribution in [0.15, 0.2) is 48.5 Å². The lowest BCUT2D eigenvalue weighted by Gasteiger charge is -2.17. The van der Waals surface area contributed by atoms with Gasteiger partial charge in [-0.2, -0.15) is 0 Å². The molecule has 5 heteroatoms. The van der Waals surface area contributed by atoms with Gasteiger partial charge in [-0.3, -0.25) is 4.79 Å². The van der Waals surface area contributed by atoms with E-state index in [2.05, 4.69) is 6.08 Å². The van der Waals surface area contributed by atoms with Gasteiger partial charge in [-0.1, -0.05) is 51.1 Å². The molecule has 5 nitrogen and oxygen atoms in total. The van der Waals surface area contributed by atoms with E-state index in [0.717, 1.165) is 45.5 Å². The third-order valence-corrected chi connectivity index (χ3v) is 5.77. The maximum atomic E-state index is 13.1. The molecule has 0 unspecified atom stereocenters. The highest BCUT2D eigenvalue weighted by Crippen LogP contribution is 2.38. The Labute approximate surface area is 188 Å². The summed E-state index contributed by atoms with van der Waals surface area (Å²) >= 11 is 0. The number of ketones is 1. The van der Waals surface area contributed by atoms with Crippen molar-refractivity contribution in [1.82, 2.24) is 4.98 Å². The number of hydrogen-bond acceptors (Lipinski definition) is 5. The van der Waals surface area contributed by atoms with E-state index < -0.39 is 11.4 Å². The summed E-state index contributed by atoms with van der Waals surface area (Å²) in [6.07, 6.45) is 3.59. The van der Waals surface area contributed by atoms with Gasteiger partial charge in [0.2, 0.25) is 0 Å². The summed E-state index contributed by atoms with van der Waals surface area (Å²) < 4.78 is 10.7. The summed E-state index contributed by atoms with van der Waals surface area (Å²) in [5.41, 5.74) is 4.54. The number of hydrogen-bond donors (Lipinski definition) is 0. The maximum absolute atomic E-state index is 13.1. The Kier molecular flexibility index (Phi) is 5.83. The Morgan fingerprint density at radius 3 is 2.44 bits per heavy atom. The molecule has 0 fully saturated rings. The fraction of sp³-hybridized carbons (Fsp3) is 0.296. The summed E-state index contributed by atoms with van der Waals surface area (Å²) in [6, 6.07) is 15.4. The number of pyridine rings is 1. The minimum atomic E-state index is -0.559. The number of fused-ring (bicyclic) bond motifs is 2. The molecule has 1 heterocycles. The fourth-order valence-corrected chi connectivity index (χ4v) is 3.83. The Hall–Kier alpha value is -3.47. The largest absolute Gasteiger partial charge is 0.497 e. The second-order valence-corrected chi connectivity index (χ2v) is 9.02. The molecule has 0 saturated heterocycles. The van der Waals surface area contributed by atoms with Crippen molar-refractivity contribution in [3.05, 3.63) is 70.9 Å². The van der Waals surface area contributed by atoms with Crippen LogP contribution in [0.4, 0.5) is 0 Å². The average Bonchev–Trinajstić information content (AvgIpc) is 3.17. The van der Waals surface area contributed by atoms with Gasteiger partial charge in [0.05, 0.1) is 23.9 Å². The first-order valence-electron chi connectivity index (χ1n) is 10.7. The SMILES string of the molecule is COc1ccc(C=C2CCc3c2nc2ccccc2c3C(=O)OCC(=O)C(C)(C)C)cc1. The quantitative estimate of drug-likeness (QED) is 0.501. The zero-order valence-corrected chi connectivity index (χ0v) is 18.9. The summed E-state index contributed by atoms with van der Waals surface area (Å²) in [5.74, 6) is 0.224. The molecule has 2 aromatic carbocycles. The maximum Gasteiger partial charge on any atom is 0.339 e. The van der Waals surface area contributed by atoms with E-state index in [1.54, 1.807) is 7.11 Å². The Morgan fingerprint density at radius 2 is 1.75 bits per heavy atom. The predicted molar refractivity (Wildman–Crippen MR) is 126 cm³/mol. The Bertz CT molecular complexity index is 1220. The molecular formula is C27H27NO4. The van der Waals surface area contributed by atoms with E-state index in [1.807, 2.05) is 69.3 Å². The van der Waals surface area contributed by atoms with Gasteiger partial charge < -0.3 is 9.47 Å². The van der Waals surface area contributed by atoms with Crippen molar-refractivity contribution in [2.24, 2.45) is 5.41 Å². The third-order valence-electron chi connectivity index (χ3n) is 5.77. The molecular weight excluding hydrogens is 402 g/mol. The second-order valence-electron chi connectivity index (χ2n) is 9.02. The lowest BCUT2D eigenvalue weighted by molar-refractivity contribution is -0.129. The fourth-order valence-electron chi connectivity index (χ4n) is 3.83. The van der Waals surface area contributed by atoms with Crippen LogP contribution in [-0.4, -0.2) is 30.5 Å². The first-order valence-corrected chi connectivity index (χ1v) is 10.7. The van der Waals surface area contributed by atoms with Gasteiger partial charge in [-0.25, -0.2) is 9.78 Å². The van der Waals surface area contributed by atoms with Crippen LogP contribution >= 0.6 is 0 Å². The van der Waals surface area contributed by atoms with Gasteiger partial charge >= 0.3 is 5.97 Å². The van der Waals surface area contributed by atoms with Gasteiger partial charge in [0.1, 0.15) is 5.75 Å². The van der Waals surface area contributed by atoms with Crippen LogP contribution in [0, 0.1) is 5.41 Å². The minimum absolute atomic E-state index is 0.110. The summed E-state index contributed by atoms with van der Waals surface area (Å²) in [6.45, 7) is 5.22. The number of allylic oxidation sites excluding steroid dienone is 1. The molecule has 0 radical (unpaired) electrons. The lowest BCUT2D eigenvalue weighted by Crippen LogP contribution is -2.26. The molecule has 1 aliphatic rings. The van der Waals surface area contributed by atoms with Gasteiger partial charge in [0, 0.05) is 10.8 Å². The lowest BCUT2D eigenvalue weighted by atomic mass is 9.91. The molecule has 0 bridgehead atoms. The highest BCUT2D eigenvalue weighted by Gasteiger charge is 2.29. The summed E-state index contributed by atoms with van der Waals surface area (Å²) in [7, 11) is 1.64. The second kappa shape index (κ2) is 8.58. The highest BCUT2D eigenvalue weighted by atomic mass is 16.5. The number of Topliss-reactive ketones (excluding diaryl/α,β-unsaturated/α-hetero) is 1. The molecule has 0 aliphatic heterocycles. The molecule has 3 aromatic rings. The zero-order chi connectivity index (χ0) is 22.9. The molecule has 1 aromatic heterocycles. The standard InChI is InChI=1S/C27H27NO4/c1-27(2,3)23(29)16-32-26(30)24-20-7-5-6-8-22(20)28-25-18(11-14-21(24)25)15-17-9-12-19(31-4)13-10-17/h5-10,12-13,15H,11,14,16H2,1-4H3. The van der Waals surface area contributed by atoms with Gasteiger partial charge in [-0.15, -0.1) is 0 Å². The number of carbonyl (C=O) groups is 2. The molecule has 164 valence electrons. The van der Waals surface area contributed by atoms with Crippen molar-refractivity contribution in [2.45, 2.75) is 33.6 Å². The van der Waals surface area contributed by atoms with E-state index in [-0.39, 0.29) is 12.4 Å². The average molecular weight is 430 g/mol. The van der Waals surface area contributed by atoms with Crippen molar-refractivity contribution in [3.63, 3.8) is 0 Å². The van der Waals surface area contributed by atoms with E-state index in [4.69, 9.17) is 14.5 Å². The van der Waals surface area contributed by atoms with E-state index in [1.165, 1.54) is 0 Å². The number of carbonyl (C=O) groups excluding carboxylic acids is 2. The van der Waals surface area contributed by atoms with Crippen molar-refractivity contribution in [2.75, 3.05) is 13.7 Å². The van der Waals surface area contributed by atoms with Crippen LogP contribution < -0.4 is 4.74 Å². The molecule has 0 spiro atoms. The van der Waals surface area contributed by atoms with Crippen molar-refractivity contribution in [3.8, 4) is 5.75 Å². The van der Waals surface area contributed by atoms with Gasteiger partial charge in [0.15, 0.2) is 12.4 Å². The summed E-state index contributed by atoms with van der Waals surface area (Å²) in [4.78, 5) is 30.3. The van der Waals surface area contributed by atoms with E-state index >= 15 is 0 Å². The number of methoxy groups -OCH3 is 1. The van der Waals surface area contributed by atoms with Crippen LogP contribution in [-0.2, 0) is 16.0 Å². The van der Waals surface area contributed by atoms with E-state index in [0.29, 0.717) is 12.0 Å². The molecule has 0 atom stereocenters. The minimum Gasteiger partial charge on any atom is -0.497 e. The van der Waals surface area contributed by atoms with E-state index in [9.17, 15) is 9.59 Å². The number of nitrogens with zero attached hydrogens (tertiary/aromatic N) is 1. The number of esters is 1. The topological polar surface area (TPSA) is 65.5 Å². The highest BCUT2D eigenvalue weighted by molar-refractivity contribution is 6.07. The molecule has 32 heavy (non-hydrogen) atoms. The Morgan fingerprint density at radius 1 is 1.03 bits per heavy atom. The van der Waals surface area contributed by atoms with Crippen LogP contribution in [0.25, 0.3) is 22.6 Å². The number of benzene rings is 2. The molecule has 0 N–H and O–H groups in total. The van der Waals surface area contributed by atoms with Crippen LogP contribution in [0.2, 0.25) is 0 Å². The number of rotatable bonds is 5. The van der Waals surface area contributed by atoms with Crippen LogP contribution in [0.5, 0.6) is 5.75 Å². The van der Waals surface area contributed by atoms with Gasteiger partial charge in [0.25, 0.3) is 0 Å². The third kappa shape index (κ3) is 4.28.